The molecule has 2 N–H and O–H groups in total. The molecule has 0 atom stereocenters. The van der Waals surface area contributed by atoms with E-state index in [1.165, 1.54) is 17.8 Å². The van der Waals surface area contributed by atoms with Gasteiger partial charge < -0.3 is 14.5 Å². The Bertz CT molecular complexity index is 571. The van der Waals surface area contributed by atoms with Crippen molar-refractivity contribution < 1.29 is 19.1 Å². The maximum Gasteiger partial charge on any atom is 0.366 e. The van der Waals surface area contributed by atoms with Gasteiger partial charge in [0.15, 0.2) is 0 Å². The number of hydrogen-bond donors (Lipinski definition) is 2. The van der Waals surface area contributed by atoms with E-state index in [4.69, 9.17) is 4.74 Å². The molecule has 0 radical (unpaired) electrons. The van der Waals surface area contributed by atoms with Crippen molar-refractivity contribution in [2.75, 3.05) is 11.5 Å². The highest BCUT2D eigenvalue weighted by Gasteiger charge is 2.49. The van der Waals surface area contributed by atoms with Crippen LogP contribution >= 0.6 is 42.5 Å². The van der Waals surface area contributed by atoms with Crippen molar-refractivity contribution >= 4 is 47.1 Å². The molecule has 2 aliphatic heterocycles. The summed E-state index contributed by atoms with van der Waals surface area (Å²) in [5.74, 6) is 2.84. The predicted octanol–water partition coefficient (Wildman–Crippen LogP) is 3.14. The topological polar surface area (TPSA) is 66.8 Å². The molecule has 0 amide bonds. The summed E-state index contributed by atoms with van der Waals surface area (Å²) < 4.78 is 17.5. The maximum atomic E-state index is 11.5. The minimum atomic E-state index is -4.21. The largest absolute Gasteiger partial charge is 0.486 e. The summed E-state index contributed by atoms with van der Waals surface area (Å²) >= 11 is 5.01. The summed E-state index contributed by atoms with van der Waals surface area (Å²) in [6.45, 7) is 4.09. The Morgan fingerprint density at radius 1 is 1.30 bits per heavy atom. The SMILES string of the molecule is CC1(C)CC2(SCCCS2)c2sc(P(=O)(O)O)cc2O1. The Hall–Kier alpha value is 0.350. The van der Waals surface area contributed by atoms with Crippen LogP contribution in [0.5, 0.6) is 5.75 Å². The van der Waals surface area contributed by atoms with Gasteiger partial charge in [0, 0.05) is 12.5 Å². The van der Waals surface area contributed by atoms with E-state index in [2.05, 4.69) is 0 Å². The van der Waals surface area contributed by atoms with Crippen molar-refractivity contribution in [3.05, 3.63) is 10.9 Å². The Balaban J connectivity index is 2.11. The van der Waals surface area contributed by atoms with Crippen LogP contribution in [-0.4, -0.2) is 26.9 Å². The minimum Gasteiger partial charge on any atom is -0.486 e. The van der Waals surface area contributed by atoms with E-state index in [0.29, 0.717) is 5.75 Å². The summed E-state index contributed by atoms with van der Waals surface area (Å²) in [5, 5.41) is 0. The first-order valence-electron chi connectivity index (χ1n) is 6.39. The Kier molecular flexibility index (Phi) is 3.76. The van der Waals surface area contributed by atoms with Crippen LogP contribution in [0.2, 0.25) is 0 Å². The molecule has 0 bridgehead atoms. The molecule has 1 spiro atoms. The lowest BCUT2D eigenvalue weighted by Crippen LogP contribution is -2.41. The number of thiophene rings is 1. The zero-order chi connectivity index (χ0) is 14.6. The average molecular weight is 352 g/mol. The molecular formula is C12H17O4PS3. The fraction of sp³-hybridized carbons (Fsp3) is 0.667. The molecule has 3 rings (SSSR count). The highest BCUT2D eigenvalue weighted by Crippen LogP contribution is 2.62. The van der Waals surface area contributed by atoms with Gasteiger partial charge in [-0.2, -0.15) is 0 Å². The zero-order valence-electron chi connectivity index (χ0n) is 11.3. The van der Waals surface area contributed by atoms with Crippen LogP contribution in [0.25, 0.3) is 0 Å². The van der Waals surface area contributed by atoms with E-state index in [9.17, 15) is 14.4 Å². The van der Waals surface area contributed by atoms with Crippen LogP contribution in [0.15, 0.2) is 6.07 Å². The van der Waals surface area contributed by atoms with E-state index in [-0.39, 0.29) is 14.3 Å². The van der Waals surface area contributed by atoms with Gasteiger partial charge in [-0.25, -0.2) is 0 Å². The van der Waals surface area contributed by atoms with Crippen molar-refractivity contribution in [2.24, 2.45) is 0 Å². The van der Waals surface area contributed by atoms with Gasteiger partial charge in [0.05, 0.1) is 4.88 Å². The van der Waals surface area contributed by atoms with Crippen molar-refractivity contribution in [3.8, 4) is 5.75 Å². The Morgan fingerprint density at radius 2 is 1.95 bits per heavy atom. The second kappa shape index (κ2) is 4.93. The first kappa shape index (κ1) is 15.3. The fourth-order valence-electron chi connectivity index (χ4n) is 2.63. The molecule has 3 heterocycles. The molecule has 1 aromatic heterocycles. The van der Waals surface area contributed by atoms with Gasteiger partial charge in [0.1, 0.15) is 20.0 Å². The molecule has 1 fully saturated rings. The van der Waals surface area contributed by atoms with Gasteiger partial charge in [-0.1, -0.05) is 0 Å². The summed E-state index contributed by atoms with van der Waals surface area (Å²) in [4.78, 5) is 19.8. The lowest BCUT2D eigenvalue weighted by Gasteiger charge is -2.45. The van der Waals surface area contributed by atoms with Crippen LogP contribution in [0.1, 0.15) is 31.6 Å². The number of ether oxygens (including phenoxy) is 1. The van der Waals surface area contributed by atoms with Crippen molar-refractivity contribution in [1.82, 2.24) is 0 Å². The van der Waals surface area contributed by atoms with Crippen LogP contribution in [0.3, 0.4) is 0 Å². The zero-order valence-corrected chi connectivity index (χ0v) is 14.6. The molecule has 0 aromatic carbocycles. The highest BCUT2D eigenvalue weighted by atomic mass is 32.2. The average Bonchev–Trinajstić information content (AvgIpc) is 2.72. The molecule has 0 unspecified atom stereocenters. The molecule has 8 heteroatoms. The number of thioether (sulfide) groups is 2. The van der Waals surface area contributed by atoms with Gasteiger partial charge in [-0.05, 0) is 31.8 Å². The Labute approximate surface area is 130 Å². The smallest absolute Gasteiger partial charge is 0.366 e. The molecule has 1 saturated heterocycles. The van der Waals surface area contributed by atoms with E-state index < -0.39 is 7.60 Å². The van der Waals surface area contributed by atoms with Gasteiger partial charge in [-0.3, -0.25) is 4.57 Å². The van der Waals surface area contributed by atoms with Crippen LogP contribution < -0.4 is 9.36 Å². The normalized spacial score (nSPS) is 24.2. The number of rotatable bonds is 1. The van der Waals surface area contributed by atoms with Crippen molar-refractivity contribution in [1.29, 1.82) is 0 Å². The van der Waals surface area contributed by atoms with Crippen LogP contribution in [0, 0.1) is 0 Å². The standard InChI is InChI=1S/C12H17O4PS3/c1-11(2)7-12(18-4-3-5-19-12)10-8(16-11)6-9(20-10)17(13,14)15/h6H,3-5,7H2,1-2H3,(H2,13,14,15). The van der Waals surface area contributed by atoms with Crippen molar-refractivity contribution in [2.45, 2.75) is 36.4 Å². The van der Waals surface area contributed by atoms with Crippen molar-refractivity contribution in [3.63, 3.8) is 0 Å². The summed E-state index contributed by atoms with van der Waals surface area (Å²) in [7, 11) is -4.21. The third kappa shape index (κ3) is 2.69. The van der Waals surface area contributed by atoms with E-state index >= 15 is 0 Å². The molecule has 0 saturated carbocycles. The molecule has 112 valence electrons. The second-order valence-corrected chi connectivity index (χ2v) is 11.6. The summed E-state index contributed by atoms with van der Waals surface area (Å²) in [6, 6.07) is 1.54. The monoisotopic (exact) mass is 352 g/mol. The first-order valence-corrected chi connectivity index (χ1v) is 10.8. The maximum absolute atomic E-state index is 11.5. The van der Waals surface area contributed by atoms with Gasteiger partial charge in [-0.15, -0.1) is 34.9 Å². The summed E-state index contributed by atoms with van der Waals surface area (Å²) in [6.07, 6.45) is 2.05. The first-order chi connectivity index (χ1) is 9.22. The molecular weight excluding hydrogens is 335 g/mol. The minimum absolute atomic E-state index is 0.104. The van der Waals surface area contributed by atoms with Gasteiger partial charge in [0.2, 0.25) is 0 Å². The molecule has 20 heavy (non-hydrogen) atoms. The Morgan fingerprint density at radius 3 is 2.55 bits per heavy atom. The highest BCUT2D eigenvalue weighted by molar-refractivity contribution is 8.18. The number of hydrogen-bond acceptors (Lipinski definition) is 5. The quantitative estimate of drug-likeness (QED) is 0.757. The van der Waals surface area contributed by atoms with Gasteiger partial charge in [0.25, 0.3) is 0 Å². The lowest BCUT2D eigenvalue weighted by atomic mass is 9.98. The van der Waals surface area contributed by atoms with E-state index in [0.717, 1.165) is 22.8 Å². The van der Waals surface area contributed by atoms with E-state index in [1.54, 1.807) is 6.07 Å². The molecule has 0 aliphatic carbocycles. The predicted molar refractivity (Wildman–Crippen MR) is 86.5 cm³/mol. The molecule has 4 nitrogen and oxygen atoms in total. The van der Waals surface area contributed by atoms with Crippen LogP contribution in [0.4, 0.5) is 0 Å². The third-order valence-electron chi connectivity index (χ3n) is 3.32. The van der Waals surface area contributed by atoms with Crippen LogP contribution in [-0.2, 0) is 8.64 Å². The second-order valence-electron chi connectivity index (χ2n) is 5.66. The lowest BCUT2D eigenvalue weighted by molar-refractivity contribution is 0.0808. The molecule has 2 aliphatic rings. The fourth-order valence-corrected chi connectivity index (χ4v) is 8.69. The molecule has 1 aromatic rings. The number of fused-ring (bicyclic) bond motifs is 2. The van der Waals surface area contributed by atoms with E-state index in [1.807, 2.05) is 37.4 Å². The summed E-state index contributed by atoms with van der Waals surface area (Å²) in [5.41, 5.74) is -0.308. The third-order valence-corrected chi connectivity index (χ3v) is 9.67. The van der Waals surface area contributed by atoms with Gasteiger partial charge >= 0.3 is 7.60 Å².